The molecule has 1 heterocycles. The standard InChI is InChI=1S/C7H10F3N3/c8-7(9,10)6(4-11)5-13-3-1-2-12-13/h1-3,6H,4-5,11H2. The van der Waals surface area contributed by atoms with Crippen LogP contribution in [0.3, 0.4) is 0 Å². The summed E-state index contributed by atoms with van der Waals surface area (Å²) in [6.07, 6.45) is -1.33. The summed E-state index contributed by atoms with van der Waals surface area (Å²) in [6, 6.07) is 1.57. The number of alkyl halides is 3. The summed E-state index contributed by atoms with van der Waals surface area (Å²) < 4.78 is 37.8. The Hall–Kier alpha value is -1.04. The van der Waals surface area contributed by atoms with Crippen molar-refractivity contribution in [1.29, 1.82) is 0 Å². The molecule has 0 fully saturated rings. The van der Waals surface area contributed by atoms with Crippen molar-refractivity contribution in [3.63, 3.8) is 0 Å². The van der Waals surface area contributed by atoms with Crippen molar-refractivity contribution >= 4 is 0 Å². The molecule has 3 nitrogen and oxygen atoms in total. The molecular weight excluding hydrogens is 183 g/mol. The van der Waals surface area contributed by atoms with E-state index >= 15 is 0 Å². The minimum atomic E-state index is -4.25. The number of hydrogen-bond acceptors (Lipinski definition) is 2. The van der Waals surface area contributed by atoms with Crippen molar-refractivity contribution in [2.75, 3.05) is 6.54 Å². The first-order chi connectivity index (χ1) is 6.04. The van der Waals surface area contributed by atoms with E-state index in [-0.39, 0.29) is 6.54 Å². The van der Waals surface area contributed by atoms with Crippen LogP contribution in [0.15, 0.2) is 18.5 Å². The van der Waals surface area contributed by atoms with Crippen molar-refractivity contribution in [3.8, 4) is 0 Å². The van der Waals surface area contributed by atoms with Crippen molar-refractivity contribution in [1.82, 2.24) is 9.78 Å². The summed E-state index contributed by atoms with van der Waals surface area (Å²) in [5, 5.41) is 3.68. The Bertz CT molecular complexity index is 242. The van der Waals surface area contributed by atoms with Crippen LogP contribution in [-0.4, -0.2) is 22.5 Å². The SMILES string of the molecule is NCC(Cn1cccn1)C(F)(F)F. The van der Waals surface area contributed by atoms with Gasteiger partial charge in [0.1, 0.15) is 0 Å². The summed E-state index contributed by atoms with van der Waals surface area (Å²) in [5.74, 6) is -1.52. The fourth-order valence-electron chi connectivity index (χ4n) is 0.946. The van der Waals surface area contributed by atoms with Crippen LogP contribution in [-0.2, 0) is 6.54 Å². The van der Waals surface area contributed by atoms with E-state index in [2.05, 4.69) is 5.10 Å². The molecule has 74 valence electrons. The van der Waals surface area contributed by atoms with Gasteiger partial charge in [-0.3, -0.25) is 4.68 Å². The van der Waals surface area contributed by atoms with Crippen LogP contribution in [0.25, 0.3) is 0 Å². The normalized spacial score (nSPS) is 14.5. The van der Waals surface area contributed by atoms with Crippen LogP contribution in [0.2, 0.25) is 0 Å². The molecule has 13 heavy (non-hydrogen) atoms. The summed E-state index contributed by atoms with van der Waals surface area (Å²) in [4.78, 5) is 0. The average molecular weight is 193 g/mol. The second-order valence-corrected chi connectivity index (χ2v) is 2.70. The van der Waals surface area contributed by atoms with Gasteiger partial charge in [-0.15, -0.1) is 0 Å². The highest BCUT2D eigenvalue weighted by molar-refractivity contribution is 4.80. The molecule has 0 aliphatic heterocycles. The maximum Gasteiger partial charge on any atom is 0.394 e. The van der Waals surface area contributed by atoms with Gasteiger partial charge in [-0.2, -0.15) is 18.3 Å². The predicted octanol–water partition coefficient (Wildman–Crippen LogP) is 1.02. The number of aromatic nitrogens is 2. The van der Waals surface area contributed by atoms with Gasteiger partial charge in [0.05, 0.1) is 12.5 Å². The van der Waals surface area contributed by atoms with Gasteiger partial charge >= 0.3 is 6.18 Å². The maximum absolute atomic E-state index is 12.2. The van der Waals surface area contributed by atoms with E-state index in [1.54, 1.807) is 6.07 Å². The lowest BCUT2D eigenvalue weighted by Gasteiger charge is -2.17. The molecule has 0 bridgehead atoms. The Morgan fingerprint density at radius 1 is 1.46 bits per heavy atom. The van der Waals surface area contributed by atoms with Gasteiger partial charge in [0.2, 0.25) is 0 Å². The lowest BCUT2D eigenvalue weighted by molar-refractivity contribution is -0.175. The second-order valence-electron chi connectivity index (χ2n) is 2.70. The zero-order chi connectivity index (χ0) is 9.90. The average Bonchev–Trinajstić information content (AvgIpc) is 2.49. The summed E-state index contributed by atoms with van der Waals surface area (Å²) in [6.45, 7) is -0.629. The van der Waals surface area contributed by atoms with Gasteiger partial charge in [-0.25, -0.2) is 0 Å². The van der Waals surface area contributed by atoms with Gasteiger partial charge in [0.25, 0.3) is 0 Å². The van der Waals surface area contributed by atoms with E-state index in [9.17, 15) is 13.2 Å². The highest BCUT2D eigenvalue weighted by Crippen LogP contribution is 2.26. The molecule has 0 spiro atoms. The zero-order valence-electron chi connectivity index (χ0n) is 6.83. The third-order valence-corrected chi connectivity index (χ3v) is 1.71. The van der Waals surface area contributed by atoms with E-state index in [1.807, 2.05) is 0 Å². The number of rotatable bonds is 3. The number of nitrogens with zero attached hydrogens (tertiary/aromatic N) is 2. The summed E-state index contributed by atoms with van der Waals surface area (Å²) >= 11 is 0. The number of hydrogen-bond donors (Lipinski definition) is 1. The smallest absolute Gasteiger partial charge is 0.330 e. The molecule has 0 amide bonds. The molecule has 0 aliphatic rings. The third-order valence-electron chi connectivity index (χ3n) is 1.71. The van der Waals surface area contributed by atoms with E-state index in [0.29, 0.717) is 0 Å². The first-order valence-corrected chi connectivity index (χ1v) is 3.78. The fourth-order valence-corrected chi connectivity index (χ4v) is 0.946. The molecule has 6 heteroatoms. The van der Waals surface area contributed by atoms with E-state index in [1.165, 1.54) is 17.1 Å². The highest BCUT2D eigenvalue weighted by atomic mass is 19.4. The number of nitrogens with two attached hydrogens (primary N) is 1. The lowest BCUT2D eigenvalue weighted by Crippen LogP contribution is -2.33. The van der Waals surface area contributed by atoms with Crippen molar-refractivity contribution in [2.24, 2.45) is 11.7 Å². The number of halogens is 3. The van der Waals surface area contributed by atoms with Gasteiger partial charge in [-0.05, 0) is 6.07 Å². The second kappa shape index (κ2) is 3.78. The van der Waals surface area contributed by atoms with Crippen LogP contribution in [0, 0.1) is 5.92 Å². The van der Waals surface area contributed by atoms with Crippen LogP contribution in [0.1, 0.15) is 0 Å². The molecule has 0 aromatic carbocycles. The molecule has 2 N–H and O–H groups in total. The highest BCUT2D eigenvalue weighted by Gasteiger charge is 2.38. The Morgan fingerprint density at radius 3 is 2.54 bits per heavy atom. The molecule has 0 saturated carbocycles. The minimum absolute atomic E-state index is 0.215. The quantitative estimate of drug-likeness (QED) is 0.778. The molecular formula is C7H10F3N3. The Morgan fingerprint density at radius 2 is 2.15 bits per heavy atom. The monoisotopic (exact) mass is 193 g/mol. The molecule has 1 aromatic rings. The molecule has 1 rings (SSSR count). The Kier molecular flexibility index (Phi) is 2.92. The van der Waals surface area contributed by atoms with Crippen LogP contribution in [0.4, 0.5) is 13.2 Å². The molecule has 1 unspecified atom stereocenters. The van der Waals surface area contributed by atoms with Crippen molar-refractivity contribution in [3.05, 3.63) is 18.5 Å². The lowest BCUT2D eigenvalue weighted by atomic mass is 10.1. The van der Waals surface area contributed by atoms with E-state index < -0.39 is 18.6 Å². The Labute approximate surface area is 73.3 Å². The van der Waals surface area contributed by atoms with Crippen LogP contribution in [0.5, 0.6) is 0 Å². The molecule has 1 atom stereocenters. The fraction of sp³-hybridized carbons (Fsp3) is 0.571. The van der Waals surface area contributed by atoms with Gasteiger partial charge in [-0.1, -0.05) is 0 Å². The molecule has 0 radical (unpaired) electrons. The van der Waals surface area contributed by atoms with E-state index in [4.69, 9.17) is 5.73 Å². The minimum Gasteiger partial charge on any atom is -0.330 e. The van der Waals surface area contributed by atoms with E-state index in [0.717, 1.165) is 0 Å². The first-order valence-electron chi connectivity index (χ1n) is 3.78. The van der Waals surface area contributed by atoms with Crippen LogP contribution < -0.4 is 5.73 Å². The van der Waals surface area contributed by atoms with Gasteiger partial charge in [0, 0.05) is 18.9 Å². The molecule has 1 aromatic heterocycles. The Balaban J connectivity index is 2.60. The van der Waals surface area contributed by atoms with Gasteiger partial charge in [0.15, 0.2) is 0 Å². The largest absolute Gasteiger partial charge is 0.394 e. The topological polar surface area (TPSA) is 43.8 Å². The summed E-state index contributed by atoms with van der Waals surface area (Å²) in [5.41, 5.74) is 5.01. The van der Waals surface area contributed by atoms with Gasteiger partial charge < -0.3 is 5.73 Å². The third kappa shape index (κ3) is 2.73. The molecule has 0 aliphatic carbocycles. The van der Waals surface area contributed by atoms with Crippen LogP contribution >= 0.6 is 0 Å². The predicted molar refractivity (Wildman–Crippen MR) is 40.8 cm³/mol. The van der Waals surface area contributed by atoms with Crippen molar-refractivity contribution < 1.29 is 13.2 Å². The molecule has 0 saturated heterocycles. The summed E-state index contributed by atoms with van der Waals surface area (Å²) in [7, 11) is 0. The maximum atomic E-state index is 12.2. The zero-order valence-corrected chi connectivity index (χ0v) is 6.83. The van der Waals surface area contributed by atoms with Crippen molar-refractivity contribution in [2.45, 2.75) is 12.7 Å². The first kappa shape index (κ1) is 10.0.